The van der Waals surface area contributed by atoms with E-state index < -0.39 is 17.8 Å². The standard InChI is InChI=1S/C16H21NO3/c1-11(12-7-3-2-4-8-12)17-15(18)13-9-5-6-10-14(13)16(19)20/h2-4,7-8,11,13-14H,5-6,9-10H2,1H3,(H,17,18)(H,19,20)/p-1/t11-,13+,14-/m0/s1. The second-order valence-corrected chi connectivity index (χ2v) is 5.46. The van der Waals surface area contributed by atoms with Crippen molar-refractivity contribution in [1.82, 2.24) is 5.32 Å². The molecule has 4 nitrogen and oxygen atoms in total. The maximum atomic E-state index is 12.3. The number of carboxylic acid groups (broad SMARTS) is 1. The Labute approximate surface area is 119 Å². The minimum Gasteiger partial charge on any atom is -0.550 e. The molecule has 1 aliphatic carbocycles. The molecule has 0 aliphatic heterocycles. The summed E-state index contributed by atoms with van der Waals surface area (Å²) in [6, 6.07) is 9.54. The number of carbonyl (C=O) groups excluding carboxylic acids is 2. The first-order valence-electron chi connectivity index (χ1n) is 7.15. The van der Waals surface area contributed by atoms with Crippen LogP contribution in [-0.4, -0.2) is 11.9 Å². The third-order valence-corrected chi connectivity index (χ3v) is 4.06. The van der Waals surface area contributed by atoms with Crippen molar-refractivity contribution >= 4 is 11.9 Å². The van der Waals surface area contributed by atoms with Crippen LogP contribution in [0.25, 0.3) is 0 Å². The summed E-state index contributed by atoms with van der Waals surface area (Å²) in [5.41, 5.74) is 1.02. The highest BCUT2D eigenvalue weighted by Gasteiger charge is 2.32. The van der Waals surface area contributed by atoms with Crippen molar-refractivity contribution in [3.63, 3.8) is 0 Å². The third kappa shape index (κ3) is 3.38. The summed E-state index contributed by atoms with van der Waals surface area (Å²) in [5.74, 6) is -2.38. The van der Waals surface area contributed by atoms with E-state index in [-0.39, 0.29) is 11.9 Å². The molecule has 0 radical (unpaired) electrons. The SMILES string of the molecule is C[C@H](NC(=O)[C@@H]1CCCC[C@@H]1C(=O)[O-])c1ccccc1. The summed E-state index contributed by atoms with van der Waals surface area (Å²) >= 11 is 0. The fourth-order valence-electron chi connectivity index (χ4n) is 2.87. The average molecular weight is 274 g/mol. The zero-order chi connectivity index (χ0) is 14.5. The number of hydrogen-bond donors (Lipinski definition) is 1. The molecule has 0 aromatic heterocycles. The van der Waals surface area contributed by atoms with Gasteiger partial charge in [0, 0.05) is 17.8 Å². The van der Waals surface area contributed by atoms with E-state index in [1.807, 2.05) is 37.3 Å². The lowest BCUT2D eigenvalue weighted by atomic mass is 9.78. The van der Waals surface area contributed by atoms with Crippen LogP contribution in [0.1, 0.15) is 44.2 Å². The molecule has 108 valence electrons. The Kier molecular flexibility index (Phi) is 4.77. The summed E-state index contributed by atoms with van der Waals surface area (Å²) in [4.78, 5) is 23.4. The predicted octanol–water partition coefficient (Wildman–Crippen LogP) is 1.42. The molecule has 2 rings (SSSR count). The number of hydrogen-bond acceptors (Lipinski definition) is 3. The second kappa shape index (κ2) is 6.55. The monoisotopic (exact) mass is 274 g/mol. The Balaban J connectivity index is 2.01. The van der Waals surface area contributed by atoms with E-state index in [4.69, 9.17) is 0 Å². The predicted molar refractivity (Wildman–Crippen MR) is 73.5 cm³/mol. The van der Waals surface area contributed by atoms with Gasteiger partial charge in [0.15, 0.2) is 0 Å². The van der Waals surface area contributed by atoms with Crippen molar-refractivity contribution in [3.05, 3.63) is 35.9 Å². The molecule has 1 N–H and O–H groups in total. The lowest BCUT2D eigenvalue weighted by Gasteiger charge is -2.32. The Bertz CT molecular complexity index is 472. The molecule has 1 amide bonds. The van der Waals surface area contributed by atoms with Crippen molar-refractivity contribution in [1.29, 1.82) is 0 Å². The Hall–Kier alpha value is -1.84. The molecule has 0 spiro atoms. The quantitative estimate of drug-likeness (QED) is 0.902. The van der Waals surface area contributed by atoms with Crippen LogP contribution in [0.5, 0.6) is 0 Å². The maximum Gasteiger partial charge on any atom is 0.224 e. The largest absolute Gasteiger partial charge is 0.550 e. The molecular formula is C16H20NO3-. The first-order chi connectivity index (χ1) is 9.59. The van der Waals surface area contributed by atoms with E-state index in [0.29, 0.717) is 12.8 Å². The van der Waals surface area contributed by atoms with Crippen LogP contribution in [0, 0.1) is 11.8 Å². The van der Waals surface area contributed by atoms with Crippen molar-refractivity contribution in [2.75, 3.05) is 0 Å². The van der Waals surface area contributed by atoms with E-state index in [2.05, 4.69) is 5.32 Å². The molecule has 0 saturated heterocycles. The van der Waals surface area contributed by atoms with Crippen LogP contribution in [0.3, 0.4) is 0 Å². The van der Waals surface area contributed by atoms with Gasteiger partial charge in [-0.25, -0.2) is 0 Å². The molecule has 1 aliphatic rings. The Morgan fingerprint density at radius 3 is 2.35 bits per heavy atom. The number of carbonyl (C=O) groups is 2. The Morgan fingerprint density at radius 1 is 1.15 bits per heavy atom. The van der Waals surface area contributed by atoms with Gasteiger partial charge in [-0.05, 0) is 25.3 Å². The van der Waals surface area contributed by atoms with E-state index in [1.54, 1.807) is 0 Å². The van der Waals surface area contributed by atoms with E-state index in [9.17, 15) is 14.7 Å². The molecule has 1 fully saturated rings. The molecule has 1 aromatic carbocycles. The summed E-state index contributed by atoms with van der Waals surface area (Å²) in [6.45, 7) is 1.91. The summed E-state index contributed by atoms with van der Waals surface area (Å²) in [5, 5.41) is 14.1. The highest BCUT2D eigenvalue weighted by atomic mass is 16.4. The van der Waals surface area contributed by atoms with Crippen molar-refractivity contribution < 1.29 is 14.7 Å². The highest BCUT2D eigenvalue weighted by molar-refractivity contribution is 5.84. The normalized spacial score (nSPS) is 23.9. The lowest BCUT2D eigenvalue weighted by Crippen LogP contribution is -2.45. The van der Waals surface area contributed by atoms with Crippen LogP contribution >= 0.6 is 0 Å². The first kappa shape index (κ1) is 14.6. The van der Waals surface area contributed by atoms with Crippen LogP contribution in [0.4, 0.5) is 0 Å². The summed E-state index contributed by atoms with van der Waals surface area (Å²) in [6.07, 6.45) is 2.93. The van der Waals surface area contributed by atoms with Gasteiger partial charge in [-0.2, -0.15) is 0 Å². The molecule has 1 aromatic rings. The lowest BCUT2D eigenvalue weighted by molar-refractivity contribution is -0.314. The fourth-order valence-corrected chi connectivity index (χ4v) is 2.87. The molecule has 3 atom stereocenters. The number of amides is 1. The van der Waals surface area contributed by atoms with Gasteiger partial charge < -0.3 is 15.2 Å². The molecule has 4 heteroatoms. The summed E-state index contributed by atoms with van der Waals surface area (Å²) < 4.78 is 0. The van der Waals surface area contributed by atoms with Gasteiger partial charge in [0.25, 0.3) is 0 Å². The van der Waals surface area contributed by atoms with Crippen molar-refractivity contribution in [3.8, 4) is 0 Å². The zero-order valence-corrected chi connectivity index (χ0v) is 11.7. The number of carboxylic acids is 1. The topological polar surface area (TPSA) is 69.2 Å². The Morgan fingerprint density at radius 2 is 1.75 bits per heavy atom. The van der Waals surface area contributed by atoms with Crippen LogP contribution in [0.15, 0.2) is 30.3 Å². The van der Waals surface area contributed by atoms with Gasteiger partial charge in [-0.1, -0.05) is 43.2 Å². The van der Waals surface area contributed by atoms with Gasteiger partial charge in [0.1, 0.15) is 0 Å². The first-order valence-corrected chi connectivity index (χ1v) is 7.15. The number of rotatable bonds is 4. The third-order valence-electron chi connectivity index (χ3n) is 4.06. The molecular weight excluding hydrogens is 254 g/mol. The molecule has 1 saturated carbocycles. The average Bonchev–Trinajstić information content (AvgIpc) is 2.48. The van der Waals surface area contributed by atoms with Gasteiger partial charge in [0.05, 0.1) is 6.04 Å². The molecule has 20 heavy (non-hydrogen) atoms. The van der Waals surface area contributed by atoms with Crippen LogP contribution < -0.4 is 10.4 Å². The van der Waals surface area contributed by atoms with Crippen LogP contribution in [0.2, 0.25) is 0 Å². The molecule has 0 heterocycles. The highest BCUT2D eigenvalue weighted by Crippen LogP contribution is 2.30. The van der Waals surface area contributed by atoms with Crippen LogP contribution in [-0.2, 0) is 9.59 Å². The van der Waals surface area contributed by atoms with Crippen molar-refractivity contribution in [2.24, 2.45) is 11.8 Å². The minimum absolute atomic E-state index is 0.118. The number of aliphatic carboxylic acids is 1. The van der Waals surface area contributed by atoms with Crippen molar-refractivity contribution in [2.45, 2.75) is 38.6 Å². The van der Waals surface area contributed by atoms with Gasteiger partial charge in [0.2, 0.25) is 5.91 Å². The number of benzene rings is 1. The van der Waals surface area contributed by atoms with Gasteiger partial charge in [-0.3, -0.25) is 4.79 Å². The number of nitrogens with one attached hydrogen (secondary N) is 1. The van der Waals surface area contributed by atoms with E-state index >= 15 is 0 Å². The smallest absolute Gasteiger partial charge is 0.224 e. The maximum absolute atomic E-state index is 12.3. The molecule has 0 unspecified atom stereocenters. The second-order valence-electron chi connectivity index (χ2n) is 5.46. The summed E-state index contributed by atoms with van der Waals surface area (Å²) in [7, 11) is 0. The molecule has 0 bridgehead atoms. The van der Waals surface area contributed by atoms with E-state index in [1.165, 1.54) is 0 Å². The van der Waals surface area contributed by atoms with Gasteiger partial charge in [-0.15, -0.1) is 0 Å². The fraction of sp³-hybridized carbons (Fsp3) is 0.500. The minimum atomic E-state index is -1.10. The van der Waals surface area contributed by atoms with E-state index in [0.717, 1.165) is 18.4 Å². The van der Waals surface area contributed by atoms with Gasteiger partial charge >= 0.3 is 0 Å². The zero-order valence-electron chi connectivity index (χ0n) is 11.7.